The van der Waals surface area contributed by atoms with Gasteiger partial charge in [0.15, 0.2) is 0 Å². The summed E-state index contributed by atoms with van der Waals surface area (Å²) in [6, 6.07) is 20.3. The van der Waals surface area contributed by atoms with Crippen molar-refractivity contribution >= 4 is 40.1 Å². The fourth-order valence-corrected chi connectivity index (χ4v) is 2.89. The quantitative estimate of drug-likeness (QED) is 0.466. The van der Waals surface area contributed by atoms with E-state index in [1.807, 2.05) is 53.9 Å². The van der Waals surface area contributed by atoms with Gasteiger partial charge in [-0.3, -0.25) is 4.79 Å². The number of para-hydroxylation sites is 1. The fourth-order valence-electron chi connectivity index (χ4n) is 2.04. The van der Waals surface area contributed by atoms with E-state index in [1.54, 1.807) is 18.2 Å². The number of carbonyl (C=O) groups is 1. The van der Waals surface area contributed by atoms with Crippen molar-refractivity contribution in [3.05, 3.63) is 87.6 Å². The molecule has 2 aromatic carbocycles. The lowest BCUT2D eigenvalue weighted by Gasteiger charge is -2.06. The molecule has 0 atom stereocenters. The highest BCUT2D eigenvalue weighted by molar-refractivity contribution is 7.13. The Labute approximate surface area is 137 Å². The summed E-state index contributed by atoms with van der Waals surface area (Å²) in [6.07, 6.45) is 0. The molecule has 108 valence electrons. The van der Waals surface area contributed by atoms with Crippen molar-refractivity contribution in [1.29, 1.82) is 0 Å². The Morgan fingerprint density at radius 3 is 2.45 bits per heavy atom. The maximum absolute atomic E-state index is 12.8. The molecule has 0 saturated carbocycles. The summed E-state index contributed by atoms with van der Waals surface area (Å²) < 4.78 is 0. The van der Waals surface area contributed by atoms with Crippen LogP contribution in [0.1, 0.15) is 15.2 Å². The standard InChI is InChI=1S/C18H12ClNOS/c19-14-7-4-6-13(12-14)17(18(21)16-10-5-11-22-16)20-15-8-2-1-3-9-15/h1-12H. The van der Waals surface area contributed by atoms with Crippen LogP contribution in [0, 0.1) is 0 Å². The van der Waals surface area contributed by atoms with Gasteiger partial charge >= 0.3 is 0 Å². The number of thiophene rings is 1. The zero-order valence-electron chi connectivity index (χ0n) is 11.6. The predicted octanol–water partition coefficient (Wildman–Crippen LogP) is 5.41. The van der Waals surface area contributed by atoms with E-state index in [9.17, 15) is 4.79 Å². The molecule has 4 heteroatoms. The normalized spacial score (nSPS) is 11.4. The van der Waals surface area contributed by atoms with Crippen molar-refractivity contribution in [3.8, 4) is 0 Å². The second-order valence-electron chi connectivity index (χ2n) is 4.61. The number of nitrogens with zero attached hydrogens (tertiary/aromatic N) is 1. The Morgan fingerprint density at radius 2 is 1.77 bits per heavy atom. The minimum absolute atomic E-state index is 0.0962. The van der Waals surface area contributed by atoms with Crippen LogP contribution in [0.25, 0.3) is 0 Å². The number of rotatable bonds is 4. The zero-order valence-corrected chi connectivity index (χ0v) is 13.1. The Bertz CT molecular complexity index is 810. The van der Waals surface area contributed by atoms with E-state index in [4.69, 9.17) is 11.6 Å². The van der Waals surface area contributed by atoms with Crippen molar-refractivity contribution in [3.63, 3.8) is 0 Å². The summed E-state index contributed by atoms with van der Waals surface area (Å²) in [5.41, 5.74) is 1.85. The molecule has 0 N–H and O–H groups in total. The molecule has 0 aliphatic carbocycles. The van der Waals surface area contributed by atoms with Gasteiger partial charge in [0, 0.05) is 10.6 Å². The number of aliphatic imine (C=N–C) groups is 1. The fraction of sp³-hybridized carbons (Fsp3) is 0. The molecule has 0 unspecified atom stereocenters. The Hall–Kier alpha value is -2.23. The molecular weight excluding hydrogens is 314 g/mol. The van der Waals surface area contributed by atoms with Crippen LogP contribution in [0.15, 0.2) is 77.1 Å². The molecular formula is C18H12ClNOS. The monoisotopic (exact) mass is 325 g/mol. The SMILES string of the molecule is O=C(C(=Nc1ccccc1)c1cccc(Cl)c1)c1cccs1. The Balaban J connectivity index is 2.10. The van der Waals surface area contributed by atoms with Crippen LogP contribution in [-0.2, 0) is 0 Å². The summed E-state index contributed by atoms with van der Waals surface area (Å²) in [6.45, 7) is 0. The lowest BCUT2D eigenvalue weighted by Crippen LogP contribution is -2.14. The highest BCUT2D eigenvalue weighted by Gasteiger charge is 2.17. The van der Waals surface area contributed by atoms with Gasteiger partial charge in [0.25, 0.3) is 0 Å². The molecule has 0 saturated heterocycles. The Morgan fingerprint density at radius 1 is 0.955 bits per heavy atom. The number of halogens is 1. The van der Waals surface area contributed by atoms with E-state index in [1.165, 1.54) is 11.3 Å². The second-order valence-corrected chi connectivity index (χ2v) is 6.00. The summed E-state index contributed by atoms with van der Waals surface area (Å²) in [7, 11) is 0. The third-order valence-electron chi connectivity index (χ3n) is 3.06. The topological polar surface area (TPSA) is 29.4 Å². The molecule has 0 radical (unpaired) electrons. The summed E-state index contributed by atoms with van der Waals surface area (Å²) >= 11 is 7.46. The molecule has 22 heavy (non-hydrogen) atoms. The molecule has 0 fully saturated rings. The average Bonchev–Trinajstić information content (AvgIpc) is 3.07. The van der Waals surface area contributed by atoms with Gasteiger partial charge in [-0.1, -0.05) is 48.0 Å². The lowest BCUT2D eigenvalue weighted by molar-refractivity contribution is 0.107. The number of ketones is 1. The number of Topliss-reactive ketones (excluding diaryl/α,β-unsaturated/α-hetero) is 1. The smallest absolute Gasteiger partial charge is 0.221 e. The number of carbonyl (C=O) groups excluding carboxylic acids is 1. The van der Waals surface area contributed by atoms with Gasteiger partial charge < -0.3 is 0 Å². The van der Waals surface area contributed by atoms with Gasteiger partial charge in [-0.25, -0.2) is 4.99 Å². The molecule has 0 amide bonds. The average molecular weight is 326 g/mol. The Kier molecular flexibility index (Phi) is 4.47. The van der Waals surface area contributed by atoms with Crippen molar-refractivity contribution < 1.29 is 4.79 Å². The first-order valence-electron chi connectivity index (χ1n) is 6.72. The van der Waals surface area contributed by atoms with Crippen LogP contribution in [0.2, 0.25) is 5.02 Å². The zero-order chi connectivity index (χ0) is 15.4. The molecule has 1 aromatic heterocycles. The first-order chi connectivity index (χ1) is 10.7. The van der Waals surface area contributed by atoms with E-state index in [0.717, 1.165) is 11.3 Å². The van der Waals surface area contributed by atoms with Gasteiger partial charge in [-0.15, -0.1) is 11.3 Å². The van der Waals surface area contributed by atoms with Gasteiger partial charge in [0.2, 0.25) is 5.78 Å². The molecule has 3 aromatic rings. The van der Waals surface area contributed by atoms with Crippen LogP contribution in [0.3, 0.4) is 0 Å². The van der Waals surface area contributed by atoms with Crippen molar-refractivity contribution in [1.82, 2.24) is 0 Å². The number of hydrogen-bond donors (Lipinski definition) is 0. The van der Waals surface area contributed by atoms with Crippen LogP contribution in [0.5, 0.6) is 0 Å². The van der Waals surface area contributed by atoms with Gasteiger partial charge in [0.05, 0.1) is 10.6 Å². The first-order valence-corrected chi connectivity index (χ1v) is 7.98. The molecule has 0 spiro atoms. The van der Waals surface area contributed by atoms with E-state index < -0.39 is 0 Å². The van der Waals surface area contributed by atoms with Crippen LogP contribution >= 0.6 is 22.9 Å². The molecule has 3 rings (SSSR count). The maximum Gasteiger partial charge on any atom is 0.221 e. The van der Waals surface area contributed by atoms with E-state index >= 15 is 0 Å². The third-order valence-corrected chi connectivity index (χ3v) is 4.16. The summed E-state index contributed by atoms with van der Waals surface area (Å²) in [5, 5.41) is 2.46. The highest BCUT2D eigenvalue weighted by Crippen LogP contribution is 2.20. The second kappa shape index (κ2) is 6.69. The summed E-state index contributed by atoms with van der Waals surface area (Å²) in [4.78, 5) is 18.0. The summed E-state index contributed by atoms with van der Waals surface area (Å²) in [5.74, 6) is -0.0962. The number of benzene rings is 2. The van der Waals surface area contributed by atoms with Crippen LogP contribution in [0.4, 0.5) is 5.69 Å². The predicted molar refractivity (Wildman–Crippen MR) is 92.7 cm³/mol. The largest absolute Gasteiger partial charge is 0.286 e. The third kappa shape index (κ3) is 3.32. The van der Waals surface area contributed by atoms with E-state index in [2.05, 4.69) is 4.99 Å². The molecule has 0 bridgehead atoms. The van der Waals surface area contributed by atoms with E-state index in [-0.39, 0.29) is 5.78 Å². The van der Waals surface area contributed by atoms with Crippen LogP contribution < -0.4 is 0 Å². The molecule has 2 nitrogen and oxygen atoms in total. The van der Waals surface area contributed by atoms with Gasteiger partial charge in [-0.05, 0) is 35.7 Å². The first kappa shape index (κ1) is 14.7. The van der Waals surface area contributed by atoms with Crippen molar-refractivity contribution in [2.75, 3.05) is 0 Å². The number of hydrogen-bond acceptors (Lipinski definition) is 3. The van der Waals surface area contributed by atoms with Crippen LogP contribution in [-0.4, -0.2) is 11.5 Å². The van der Waals surface area contributed by atoms with Crippen molar-refractivity contribution in [2.45, 2.75) is 0 Å². The van der Waals surface area contributed by atoms with Crippen molar-refractivity contribution in [2.24, 2.45) is 4.99 Å². The van der Waals surface area contributed by atoms with E-state index in [0.29, 0.717) is 15.6 Å². The maximum atomic E-state index is 12.8. The molecule has 1 heterocycles. The molecule has 0 aliphatic heterocycles. The minimum Gasteiger partial charge on any atom is -0.286 e. The highest BCUT2D eigenvalue weighted by atomic mass is 35.5. The lowest BCUT2D eigenvalue weighted by atomic mass is 10.1. The van der Waals surface area contributed by atoms with Gasteiger partial charge in [-0.2, -0.15) is 0 Å². The van der Waals surface area contributed by atoms with Gasteiger partial charge in [0.1, 0.15) is 5.71 Å². The molecule has 0 aliphatic rings. The minimum atomic E-state index is -0.0962.